The number of aryl methyl sites for hydroxylation is 1. The number of ether oxygens (including phenoxy) is 2. The van der Waals surface area contributed by atoms with Crippen molar-refractivity contribution in [1.29, 1.82) is 0 Å². The number of anilines is 1. The molecular weight excluding hydrogens is 347 g/mol. The molecule has 0 heterocycles. The fourth-order valence-electron chi connectivity index (χ4n) is 1.85. The Morgan fingerprint density at radius 1 is 1.17 bits per heavy atom. The molecule has 0 saturated heterocycles. The number of hydrogen-bond acceptors (Lipinski definition) is 3. The number of nitrogens with one attached hydrogen (secondary N) is 1. The zero-order valence-corrected chi connectivity index (χ0v) is 13.5. The summed E-state index contributed by atoms with van der Waals surface area (Å²) < 4.78 is 47.9. The monoisotopic (exact) mass is 359 g/mol. The van der Waals surface area contributed by atoms with Crippen LogP contribution in [0.25, 0.3) is 0 Å². The van der Waals surface area contributed by atoms with Gasteiger partial charge in [-0.25, -0.2) is 4.79 Å². The predicted molar refractivity (Wildman–Crippen MR) is 83.7 cm³/mol. The van der Waals surface area contributed by atoms with Crippen molar-refractivity contribution < 1.29 is 27.4 Å². The van der Waals surface area contributed by atoms with Crippen molar-refractivity contribution in [3.05, 3.63) is 52.5 Å². The van der Waals surface area contributed by atoms with E-state index in [9.17, 15) is 18.0 Å². The van der Waals surface area contributed by atoms with Gasteiger partial charge < -0.3 is 9.47 Å². The van der Waals surface area contributed by atoms with Gasteiger partial charge in [0.2, 0.25) is 0 Å². The molecule has 2 aromatic carbocycles. The summed E-state index contributed by atoms with van der Waals surface area (Å²) >= 11 is 5.85. The molecule has 0 saturated carbocycles. The maximum Gasteiger partial charge on any atom is 0.416 e. The van der Waals surface area contributed by atoms with Gasteiger partial charge in [-0.1, -0.05) is 17.7 Å². The Labute approximate surface area is 141 Å². The second kappa shape index (κ2) is 7.00. The third kappa shape index (κ3) is 4.32. The van der Waals surface area contributed by atoms with Crippen LogP contribution in [0.2, 0.25) is 5.02 Å². The van der Waals surface area contributed by atoms with Gasteiger partial charge in [0.25, 0.3) is 0 Å². The van der Waals surface area contributed by atoms with Crippen molar-refractivity contribution in [3.8, 4) is 11.5 Å². The van der Waals surface area contributed by atoms with Crippen LogP contribution in [0.15, 0.2) is 36.4 Å². The molecule has 0 aliphatic heterocycles. The molecular formula is C16H13ClF3NO3. The topological polar surface area (TPSA) is 47.6 Å². The number of methoxy groups -OCH3 is 1. The van der Waals surface area contributed by atoms with Crippen LogP contribution in [0.1, 0.15) is 11.1 Å². The number of hydrogen-bond donors (Lipinski definition) is 1. The van der Waals surface area contributed by atoms with Gasteiger partial charge >= 0.3 is 12.3 Å². The molecule has 1 N–H and O–H groups in total. The average molecular weight is 360 g/mol. The maximum atomic E-state index is 12.6. The van der Waals surface area contributed by atoms with Gasteiger partial charge in [0, 0.05) is 6.07 Å². The van der Waals surface area contributed by atoms with Crippen LogP contribution in [0.3, 0.4) is 0 Å². The van der Waals surface area contributed by atoms with Gasteiger partial charge in [0.15, 0.2) is 0 Å². The summed E-state index contributed by atoms with van der Waals surface area (Å²) in [7, 11) is 1.23. The Kier molecular flexibility index (Phi) is 5.23. The molecule has 0 aliphatic carbocycles. The lowest BCUT2D eigenvalue weighted by Crippen LogP contribution is -2.11. The van der Waals surface area contributed by atoms with E-state index in [-0.39, 0.29) is 10.8 Å². The van der Waals surface area contributed by atoms with E-state index in [2.05, 4.69) is 10.1 Å². The normalized spacial score (nSPS) is 11.1. The zero-order chi connectivity index (χ0) is 17.9. The highest BCUT2D eigenvalue weighted by Crippen LogP contribution is 2.37. The Balaban J connectivity index is 2.25. The van der Waals surface area contributed by atoms with E-state index in [1.165, 1.54) is 13.2 Å². The Bertz CT molecular complexity index is 763. The van der Waals surface area contributed by atoms with E-state index in [1.807, 2.05) is 0 Å². The molecule has 0 atom stereocenters. The van der Waals surface area contributed by atoms with Crippen LogP contribution >= 0.6 is 11.6 Å². The predicted octanol–water partition coefficient (Wildman–Crippen LogP) is 5.64. The van der Waals surface area contributed by atoms with Crippen LogP contribution in [-0.2, 0) is 10.9 Å². The summed E-state index contributed by atoms with van der Waals surface area (Å²) in [6.07, 6.45) is -5.13. The summed E-state index contributed by atoms with van der Waals surface area (Å²) in [5, 5.41) is 2.33. The number of alkyl halides is 3. The lowest BCUT2D eigenvalue weighted by atomic mass is 10.2. The van der Waals surface area contributed by atoms with E-state index in [1.54, 1.807) is 19.1 Å². The first-order chi connectivity index (χ1) is 11.2. The molecule has 1 amide bonds. The van der Waals surface area contributed by atoms with E-state index in [4.69, 9.17) is 16.3 Å². The maximum absolute atomic E-state index is 12.6. The largest absolute Gasteiger partial charge is 0.456 e. The number of benzene rings is 2. The molecule has 4 nitrogen and oxygen atoms in total. The Morgan fingerprint density at radius 3 is 2.46 bits per heavy atom. The highest BCUT2D eigenvalue weighted by molar-refractivity contribution is 6.32. The second-order valence-electron chi connectivity index (χ2n) is 4.84. The lowest BCUT2D eigenvalue weighted by molar-refractivity contribution is -0.137. The molecule has 0 spiro atoms. The van der Waals surface area contributed by atoms with Crippen LogP contribution in [-0.4, -0.2) is 13.2 Å². The molecule has 0 bridgehead atoms. The molecule has 2 rings (SSSR count). The SMILES string of the molecule is COC(=O)Nc1cc(Oc2ccc(C(F)(F)F)cc2Cl)ccc1C. The summed E-state index contributed by atoms with van der Waals surface area (Å²) in [6, 6.07) is 7.60. The van der Waals surface area contributed by atoms with Crippen molar-refractivity contribution in [3.63, 3.8) is 0 Å². The van der Waals surface area contributed by atoms with Crippen LogP contribution < -0.4 is 10.1 Å². The van der Waals surface area contributed by atoms with Crippen LogP contribution in [0, 0.1) is 6.92 Å². The Hall–Kier alpha value is -2.41. The fraction of sp³-hybridized carbons (Fsp3) is 0.188. The minimum absolute atomic E-state index is 0.0672. The quantitative estimate of drug-likeness (QED) is 0.771. The smallest absolute Gasteiger partial charge is 0.416 e. The van der Waals surface area contributed by atoms with Gasteiger partial charge in [0.05, 0.1) is 23.4 Å². The lowest BCUT2D eigenvalue weighted by Gasteiger charge is -2.13. The summed E-state index contributed by atoms with van der Waals surface area (Å²) in [6.45, 7) is 1.76. The third-order valence-electron chi connectivity index (χ3n) is 3.12. The van der Waals surface area contributed by atoms with E-state index >= 15 is 0 Å². The van der Waals surface area contributed by atoms with Gasteiger partial charge in [-0.3, -0.25) is 5.32 Å². The zero-order valence-electron chi connectivity index (χ0n) is 12.7. The highest BCUT2D eigenvalue weighted by atomic mass is 35.5. The minimum atomic E-state index is -4.48. The first-order valence-electron chi connectivity index (χ1n) is 6.71. The molecule has 0 aromatic heterocycles. The second-order valence-corrected chi connectivity index (χ2v) is 5.25. The third-order valence-corrected chi connectivity index (χ3v) is 3.41. The molecule has 0 aliphatic rings. The van der Waals surface area contributed by atoms with Crippen molar-refractivity contribution in [1.82, 2.24) is 0 Å². The van der Waals surface area contributed by atoms with E-state index < -0.39 is 17.8 Å². The van der Waals surface area contributed by atoms with Gasteiger partial charge in [-0.15, -0.1) is 0 Å². The molecule has 128 valence electrons. The van der Waals surface area contributed by atoms with Gasteiger partial charge in [0.1, 0.15) is 11.5 Å². The van der Waals surface area contributed by atoms with Crippen molar-refractivity contribution >= 4 is 23.4 Å². The average Bonchev–Trinajstić information content (AvgIpc) is 2.51. The van der Waals surface area contributed by atoms with E-state index in [0.717, 1.165) is 23.8 Å². The number of halogens is 4. The van der Waals surface area contributed by atoms with Crippen molar-refractivity contribution in [2.75, 3.05) is 12.4 Å². The van der Waals surface area contributed by atoms with Crippen LogP contribution in [0.4, 0.5) is 23.7 Å². The molecule has 8 heteroatoms. The fourth-order valence-corrected chi connectivity index (χ4v) is 2.07. The molecule has 0 radical (unpaired) electrons. The number of carbonyl (C=O) groups excluding carboxylic acids is 1. The summed E-state index contributed by atoms with van der Waals surface area (Å²) in [5.41, 5.74) is 0.338. The number of rotatable bonds is 3. The summed E-state index contributed by atoms with van der Waals surface area (Å²) in [4.78, 5) is 11.3. The standard InChI is InChI=1S/C16H13ClF3NO3/c1-9-3-5-11(8-13(9)21-15(22)23-2)24-14-6-4-10(7-12(14)17)16(18,19)20/h3-8H,1-2H3,(H,21,22). The number of amides is 1. The molecule has 0 fully saturated rings. The highest BCUT2D eigenvalue weighted by Gasteiger charge is 2.31. The molecule has 24 heavy (non-hydrogen) atoms. The van der Waals surface area contributed by atoms with Crippen molar-refractivity contribution in [2.24, 2.45) is 0 Å². The molecule has 2 aromatic rings. The first-order valence-corrected chi connectivity index (χ1v) is 7.08. The van der Waals surface area contributed by atoms with Crippen LogP contribution in [0.5, 0.6) is 11.5 Å². The Morgan fingerprint density at radius 2 is 1.88 bits per heavy atom. The summed E-state index contributed by atoms with van der Waals surface area (Å²) in [5.74, 6) is 0.367. The van der Waals surface area contributed by atoms with Crippen molar-refractivity contribution in [2.45, 2.75) is 13.1 Å². The van der Waals surface area contributed by atoms with E-state index in [0.29, 0.717) is 11.4 Å². The van der Waals surface area contributed by atoms with Gasteiger partial charge in [-0.2, -0.15) is 13.2 Å². The van der Waals surface area contributed by atoms with Gasteiger partial charge in [-0.05, 0) is 36.8 Å². The molecule has 0 unspecified atom stereocenters. The minimum Gasteiger partial charge on any atom is -0.456 e. The first kappa shape index (κ1) is 17.9. The number of carbonyl (C=O) groups is 1.